The predicted octanol–water partition coefficient (Wildman–Crippen LogP) is 2.75. The molecule has 2 heterocycles. The molecule has 0 radical (unpaired) electrons. The van der Waals surface area contributed by atoms with Crippen molar-refractivity contribution in [3.63, 3.8) is 0 Å². The van der Waals surface area contributed by atoms with Gasteiger partial charge in [-0.2, -0.15) is 0 Å². The molecule has 1 saturated heterocycles. The molecule has 0 saturated carbocycles. The molecule has 1 aromatic rings. The van der Waals surface area contributed by atoms with E-state index in [0.717, 1.165) is 16.8 Å². The second-order valence-corrected chi connectivity index (χ2v) is 7.29. The number of nitrogens with two attached hydrogens (primary N) is 1. The van der Waals surface area contributed by atoms with Crippen molar-refractivity contribution in [1.82, 2.24) is 4.90 Å². The minimum absolute atomic E-state index is 0.270. The number of hydrogen-bond acceptors (Lipinski definition) is 4. The maximum atomic E-state index is 9.20. The van der Waals surface area contributed by atoms with Gasteiger partial charge in [0.1, 0.15) is 0 Å². The van der Waals surface area contributed by atoms with Crippen molar-refractivity contribution >= 4 is 27.3 Å². The Bertz CT molecular complexity index is 370. The minimum Gasteiger partial charge on any atom is -0.396 e. The summed E-state index contributed by atoms with van der Waals surface area (Å²) in [5.41, 5.74) is 5.99. The van der Waals surface area contributed by atoms with Crippen molar-refractivity contribution in [3.8, 4) is 0 Å². The molecule has 0 aromatic carbocycles. The van der Waals surface area contributed by atoms with E-state index in [0.29, 0.717) is 18.6 Å². The zero-order valence-electron chi connectivity index (χ0n) is 10.5. The van der Waals surface area contributed by atoms with Crippen LogP contribution in [0.5, 0.6) is 0 Å². The fraction of sp³-hybridized carbons (Fsp3) is 0.692. The van der Waals surface area contributed by atoms with Crippen molar-refractivity contribution in [2.24, 2.45) is 5.73 Å². The molecular formula is C13H21BrN2OS. The molecule has 2 unspecified atom stereocenters. The number of halogens is 1. The van der Waals surface area contributed by atoms with Gasteiger partial charge in [0, 0.05) is 24.1 Å². The summed E-state index contributed by atoms with van der Waals surface area (Å²) < 4.78 is 1.16. The molecule has 0 spiro atoms. The number of thiophene rings is 1. The lowest BCUT2D eigenvalue weighted by Crippen LogP contribution is -2.44. The van der Waals surface area contributed by atoms with Crippen molar-refractivity contribution < 1.29 is 5.11 Å². The summed E-state index contributed by atoms with van der Waals surface area (Å²) in [7, 11) is 0. The first-order valence-electron chi connectivity index (χ1n) is 6.58. The minimum atomic E-state index is 0.270. The summed E-state index contributed by atoms with van der Waals surface area (Å²) >= 11 is 5.29. The van der Waals surface area contributed by atoms with Crippen molar-refractivity contribution in [3.05, 3.63) is 20.8 Å². The lowest BCUT2D eigenvalue weighted by atomic mass is 9.97. The van der Waals surface area contributed by atoms with Gasteiger partial charge in [-0.05, 0) is 53.9 Å². The highest BCUT2D eigenvalue weighted by Gasteiger charge is 2.29. The lowest BCUT2D eigenvalue weighted by Gasteiger charge is -2.40. The number of hydrogen-bond donors (Lipinski definition) is 2. The molecule has 18 heavy (non-hydrogen) atoms. The number of likely N-dealkylation sites (tertiary alicyclic amines) is 1. The number of nitrogens with zero attached hydrogens (tertiary/aromatic N) is 1. The molecule has 0 bridgehead atoms. The normalized spacial score (nSPS) is 23.2. The van der Waals surface area contributed by atoms with E-state index in [1.165, 1.54) is 24.1 Å². The van der Waals surface area contributed by atoms with E-state index in [-0.39, 0.29) is 6.61 Å². The molecule has 0 aliphatic carbocycles. The van der Waals surface area contributed by atoms with Gasteiger partial charge in [0.2, 0.25) is 0 Å². The third kappa shape index (κ3) is 3.33. The third-order valence-electron chi connectivity index (χ3n) is 3.68. The molecule has 102 valence electrons. The summed E-state index contributed by atoms with van der Waals surface area (Å²) in [6.45, 7) is 2.02. The predicted molar refractivity (Wildman–Crippen MR) is 79.9 cm³/mol. The van der Waals surface area contributed by atoms with Crippen molar-refractivity contribution in [2.45, 2.75) is 37.8 Å². The molecule has 1 aromatic heterocycles. The van der Waals surface area contributed by atoms with E-state index < -0.39 is 0 Å². The van der Waals surface area contributed by atoms with E-state index in [1.54, 1.807) is 11.3 Å². The van der Waals surface area contributed by atoms with Crippen LogP contribution in [-0.2, 0) is 0 Å². The van der Waals surface area contributed by atoms with Crippen LogP contribution in [0.2, 0.25) is 0 Å². The molecule has 2 atom stereocenters. The molecular weight excluding hydrogens is 312 g/mol. The lowest BCUT2D eigenvalue weighted by molar-refractivity contribution is 0.0797. The molecule has 1 aliphatic heterocycles. The average Bonchev–Trinajstić information content (AvgIpc) is 2.79. The first-order valence-corrected chi connectivity index (χ1v) is 8.19. The van der Waals surface area contributed by atoms with Gasteiger partial charge in [0.05, 0.1) is 9.83 Å². The van der Waals surface area contributed by atoms with Gasteiger partial charge in [-0.1, -0.05) is 6.42 Å². The second kappa shape index (κ2) is 7.01. The number of aliphatic hydroxyl groups is 1. The van der Waals surface area contributed by atoms with E-state index in [1.807, 2.05) is 0 Å². The van der Waals surface area contributed by atoms with Gasteiger partial charge < -0.3 is 10.8 Å². The Morgan fingerprint density at radius 1 is 1.50 bits per heavy atom. The van der Waals surface area contributed by atoms with Gasteiger partial charge in [-0.3, -0.25) is 4.90 Å². The highest BCUT2D eigenvalue weighted by Crippen LogP contribution is 2.34. The maximum Gasteiger partial charge on any atom is 0.0702 e. The Kier molecular flexibility index (Phi) is 5.63. The molecule has 0 amide bonds. The molecule has 2 rings (SSSR count). The van der Waals surface area contributed by atoms with Crippen LogP contribution >= 0.6 is 27.3 Å². The average molecular weight is 333 g/mol. The highest BCUT2D eigenvalue weighted by molar-refractivity contribution is 9.11. The van der Waals surface area contributed by atoms with Crippen LogP contribution in [0.25, 0.3) is 0 Å². The van der Waals surface area contributed by atoms with Crippen LogP contribution in [0.1, 0.15) is 36.6 Å². The van der Waals surface area contributed by atoms with E-state index >= 15 is 0 Å². The summed E-state index contributed by atoms with van der Waals surface area (Å²) in [6.07, 6.45) is 4.56. The summed E-state index contributed by atoms with van der Waals surface area (Å²) in [5.74, 6) is 0. The SMILES string of the molecule is NCC(c1ccc(Br)s1)N1CCCCC1CCO. The fourth-order valence-corrected chi connectivity index (χ4v) is 4.37. The van der Waals surface area contributed by atoms with Crippen LogP contribution < -0.4 is 5.73 Å². The van der Waals surface area contributed by atoms with Crippen LogP contribution in [0.3, 0.4) is 0 Å². The maximum absolute atomic E-state index is 9.20. The largest absolute Gasteiger partial charge is 0.396 e. The van der Waals surface area contributed by atoms with Crippen LogP contribution in [0, 0.1) is 0 Å². The molecule has 5 heteroatoms. The summed E-state index contributed by atoms with van der Waals surface area (Å²) in [6, 6.07) is 5.04. The van der Waals surface area contributed by atoms with E-state index in [4.69, 9.17) is 5.73 Å². The van der Waals surface area contributed by atoms with E-state index in [2.05, 4.69) is 33.0 Å². The topological polar surface area (TPSA) is 49.5 Å². The highest BCUT2D eigenvalue weighted by atomic mass is 79.9. The number of rotatable bonds is 5. The standard InChI is InChI=1S/C13H21BrN2OS/c14-13-5-4-12(18-13)11(9-15)16-7-2-1-3-10(16)6-8-17/h4-5,10-11,17H,1-3,6-9,15H2. The monoisotopic (exact) mass is 332 g/mol. The Labute approximate surface area is 121 Å². The zero-order valence-corrected chi connectivity index (χ0v) is 12.9. The Morgan fingerprint density at radius 3 is 2.94 bits per heavy atom. The van der Waals surface area contributed by atoms with E-state index in [9.17, 15) is 5.11 Å². The summed E-state index contributed by atoms with van der Waals surface area (Å²) in [4.78, 5) is 3.83. The molecule has 3 N–H and O–H groups in total. The number of piperidine rings is 1. The van der Waals surface area contributed by atoms with Gasteiger partial charge in [0.15, 0.2) is 0 Å². The Hall–Kier alpha value is 0.0600. The van der Waals surface area contributed by atoms with Crippen molar-refractivity contribution in [1.29, 1.82) is 0 Å². The number of aliphatic hydroxyl groups excluding tert-OH is 1. The van der Waals surface area contributed by atoms with Crippen LogP contribution in [0.4, 0.5) is 0 Å². The Morgan fingerprint density at radius 2 is 2.33 bits per heavy atom. The second-order valence-electron chi connectivity index (χ2n) is 4.79. The quantitative estimate of drug-likeness (QED) is 0.871. The zero-order chi connectivity index (χ0) is 13.0. The molecule has 3 nitrogen and oxygen atoms in total. The van der Waals surface area contributed by atoms with Crippen LogP contribution in [0.15, 0.2) is 15.9 Å². The Balaban J connectivity index is 2.14. The first-order chi connectivity index (χ1) is 8.76. The van der Waals surface area contributed by atoms with Gasteiger partial charge in [0.25, 0.3) is 0 Å². The van der Waals surface area contributed by atoms with Gasteiger partial charge in [-0.25, -0.2) is 0 Å². The fourth-order valence-electron chi connectivity index (χ4n) is 2.81. The molecule has 1 aliphatic rings. The van der Waals surface area contributed by atoms with Crippen LogP contribution in [-0.4, -0.2) is 35.7 Å². The smallest absolute Gasteiger partial charge is 0.0702 e. The van der Waals surface area contributed by atoms with Gasteiger partial charge in [-0.15, -0.1) is 11.3 Å². The first kappa shape index (κ1) is 14.5. The third-order valence-corrected chi connectivity index (χ3v) is 5.41. The van der Waals surface area contributed by atoms with Gasteiger partial charge >= 0.3 is 0 Å². The summed E-state index contributed by atoms with van der Waals surface area (Å²) in [5, 5.41) is 9.20. The molecule has 1 fully saturated rings. The van der Waals surface area contributed by atoms with Crippen molar-refractivity contribution in [2.75, 3.05) is 19.7 Å².